The number of carbonyl (C=O) groups is 1. The van der Waals surface area contributed by atoms with Crippen molar-refractivity contribution in [1.82, 2.24) is 20.0 Å². The van der Waals surface area contributed by atoms with Crippen LogP contribution < -0.4 is 10.1 Å². The van der Waals surface area contributed by atoms with E-state index in [0.717, 1.165) is 42.7 Å². The number of para-hydroxylation sites is 1. The summed E-state index contributed by atoms with van der Waals surface area (Å²) in [6.45, 7) is 7.62. The van der Waals surface area contributed by atoms with Gasteiger partial charge in [0.05, 0.1) is 26.9 Å². The van der Waals surface area contributed by atoms with Crippen LogP contribution >= 0.6 is 0 Å². The van der Waals surface area contributed by atoms with Crippen LogP contribution in [0.1, 0.15) is 33.7 Å². The lowest BCUT2D eigenvalue weighted by molar-refractivity contribution is 0.0297. The Morgan fingerprint density at radius 1 is 1.37 bits per heavy atom. The molecule has 30 heavy (non-hydrogen) atoms. The molecular weight excluding hydrogens is 380 g/mol. The Morgan fingerprint density at radius 3 is 2.93 bits per heavy atom. The molecule has 0 bridgehead atoms. The van der Waals surface area contributed by atoms with Crippen molar-refractivity contribution in [3.8, 4) is 5.75 Å². The molecule has 1 atom stereocenters. The number of benzene rings is 1. The van der Waals surface area contributed by atoms with Gasteiger partial charge >= 0.3 is 0 Å². The van der Waals surface area contributed by atoms with Gasteiger partial charge in [-0.05, 0) is 25.3 Å². The van der Waals surface area contributed by atoms with E-state index < -0.39 is 0 Å². The van der Waals surface area contributed by atoms with Crippen LogP contribution in [0.4, 0.5) is 0 Å². The summed E-state index contributed by atoms with van der Waals surface area (Å²) in [6.07, 6.45) is 4.54. The van der Waals surface area contributed by atoms with E-state index in [2.05, 4.69) is 18.0 Å². The van der Waals surface area contributed by atoms with Crippen molar-refractivity contribution in [2.24, 2.45) is 0 Å². The van der Waals surface area contributed by atoms with Crippen LogP contribution in [0, 0.1) is 0 Å². The number of nitrogens with one attached hydrogen (secondary N) is 1. The number of methoxy groups -OCH3 is 1. The first-order valence-electron chi connectivity index (χ1n) is 10.6. The lowest BCUT2D eigenvalue weighted by Crippen LogP contribution is -2.41. The van der Waals surface area contributed by atoms with Crippen molar-refractivity contribution < 1.29 is 14.3 Å². The maximum atomic E-state index is 13.2. The van der Waals surface area contributed by atoms with Gasteiger partial charge in [-0.1, -0.05) is 24.3 Å². The molecule has 0 radical (unpaired) electrons. The molecule has 0 saturated carbocycles. The Morgan fingerprint density at radius 2 is 2.17 bits per heavy atom. The standard InChI is InChI=1S/C23H30N4O3/c1-3-10-27-20-9-8-18(24-16-17-6-4-5-7-21(17)29-2)15-19(20)22(25-27)23(28)26-11-13-30-14-12-26/h3-7,18,24H,1,8-16H2,2H3. The average molecular weight is 411 g/mol. The summed E-state index contributed by atoms with van der Waals surface area (Å²) >= 11 is 0. The van der Waals surface area contributed by atoms with Crippen LogP contribution in [0.2, 0.25) is 0 Å². The lowest BCUT2D eigenvalue weighted by Gasteiger charge is -2.28. The van der Waals surface area contributed by atoms with E-state index in [-0.39, 0.29) is 5.91 Å². The zero-order chi connectivity index (χ0) is 20.9. The molecule has 1 aromatic carbocycles. The smallest absolute Gasteiger partial charge is 0.274 e. The van der Waals surface area contributed by atoms with Crippen molar-refractivity contribution in [3.05, 3.63) is 59.4 Å². The number of rotatable bonds is 7. The molecule has 2 aromatic rings. The summed E-state index contributed by atoms with van der Waals surface area (Å²) in [5.41, 5.74) is 3.98. The molecule has 4 rings (SSSR count). The molecule has 1 aromatic heterocycles. The highest BCUT2D eigenvalue weighted by Crippen LogP contribution is 2.27. The average Bonchev–Trinajstić information content (AvgIpc) is 3.16. The van der Waals surface area contributed by atoms with Gasteiger partial charge in [-0.3, -0.25) is 9.48 Å². The molecule has 0 spiro atoms. The number of amides is 1. The Bertz CT molecular complexity index is 902. The molecule has 1 amide bonds. The highest BCUT2D eigenvalue weighted by molar-refractivity contribution is 5.94. The van der Waals surface area contributed by atoms with E-state index in [1.165, 1.54) is 5.69 Å². The molecule has 1 N–H and O–H groups in total. The fraction of sp³-hybridized carbons (Fsp3) is 0.478. The Balaban J connectivity index is 1.52. The van der Waals surface area contributed by atoms with E-state index in [9.17, 15) is 4.79 Å². The number of hydrogen-bond acceptors (Lipinski definition) is 5. The van der Waals surface area contributed by atoms with Gasteiger partial charge in [-0.2, -0.15) is 5.10 Å². The molecular formula is C23H30N4O3. The molecule has 160 valence electrons. The molecule has 2 aliphatic rings. The predicted molar refractivity (Wildman–Crippen MR) is 115 cm³/mol. The Kier molecular flexibility index (Phi) is 6.50. The minimum Gasteiger partial charge on any atom is -0.496 e. The van der Waals surface area contributed by atoms with E-state index in [1.54, 1.807) is 7.11 Å². The van der Waals surface area contributed by atoms with Crippen molar-refractivity contribution in [1.29, 1.82) is 0 Å². The molecule has 7 heteroatoms. The fourth-order valence-corrected chi connectivity index (χ4v) is 4.33. The summed E-state index contributed by atoms with van der Waals surface area (Å²) in [5, 5.41) is 8.36. The molecule has 1 saturated heterocycles. The summed E-state index contributed by atoms with van der Waals surface area (Å²) in [6, 6.07) is 8.35. The zero-order valence-corrected chi connectivity index (χ0v) is 17.6. The van der Waals surface area contributed by atoms with Gasteiger partial charge in [-0.15, -0.1) is 6.58 Å². The number of ether oxygens (including phenoxy) is 2. The van der Waals surface area contributed by atoms with Gasteiger partial charge < -0.3 is 19.7 Å². The third-order valence-electron chi connectivity index (χ3n) is 5.92. The number of fused-ring (bicyclic) bond motifs is 1. The number of nitrogens with zero attached hydrogens (tertiary/aromatic N) is 3. The van der Waals surface area contributed by atoms with E-state index in [4.69, 9.17) is 14.6 Å². The maximum Gasteiger partial charge on any atom is 0.274 e. The molecule has 1 unspecified atom stereocenters. The van der Waals surface area contributed by atoms with Crippen molar-refractivity contribution >= 4 is 5.91 Å². The number of aromatic nitrogens is 2. The first-order valence-corrected chi connectivity index (χ1v) is 10.6. The fourth-order valence-electron chi connectivity index (χ4n) is 4.33. The third-order valence-corrected chi connectivity index (χ3v) is 5.92. The quantitative estimate of drug-likeness (QED) is 0.709. The number of carbonyl (C=O) groups excluding carboxylic acids is 1. The number of morpholine rings is 1. The largest absolute Gasteiger partial charge is 0.496 e. The molecule has 1 aliphatic carbocycles. The molecule has 2 heterocycles. The maximum absolute atomic E-state index is 13.2. The van der Waals surface area contributed by atoms with Crippen LogP contribution in [0.25, 0.3) is 0 Å². The summed E-state index contributed by atoms with van der Waals surface area (Å²) < 4.78 is 12.8. The zero-order valence-electron chi connectivity index (χ0n) is 17.6. The van der Waals surface area contributed by atoms with Crippen LogP contribution in [-0.2, 0) is 30.7 Å². The SMILES string of the molecule is C=CCn1nc(C(=O)N2CCOCC2)c2c1CCC(NCc1ccccc1OC)C2. The van der Waals surface area contributed by atoms with E-state index >= 15 is 0 Å². The van der Waals surface area contributed by atoms with Crippen molar-refractivity contribution in [3.63, 3.8) is 0 Å². The lowest BCUT2D eigenvalue weighted by atomic mass is 9.90. The molecule has 1 fully saturated rings. The number of allylic oxidation sites excluding steroid dienone is 1. The summed E-state index contributed by atoms with van der Waals surface area (Å²) in [4.78, 5) is 15.0. The third kappa shape index (κ3) is 4.27. The number of hydrogen-bond donors (Lipinski definition) is 1. The van der Waals surface area contributed by atoms with E-state index in [1.807, 2.05) is 33.9 Å². The van der Waals surface area contributed by atoms with Crippen molar-refractivity contribution in [2.75, 3.05) is 33.4 Å². The van der Waals surface area contributed by atoms with Crippen LogP contribution in [0.3, 0.4) is 0 Å². The monoisotopic (exact) mass is 410 g/mol. The minimum absolute atomic E-state index is 0.0164. The predicted octanol–water partition coefficient (Wildman–Crippen LogP) is 2.20. The highest BCUT2D eigenvalue weighted by Gasteiger charge is 2.31. The van der Waals surface area contributed by atoms with Gasteiger partial charge in [0.1, 0.15) is 5.75 Å². The van der Waals surface area contributed by atoms with Gasteiger partial charge in [0.15, 0.2) is 5.69 Å². The topological polar surface area (TPSA) is 68.6 Å². The minimum atomic E-state index is 0.0164. The van der Waals surface area contributed by atoms with Crippen LogP contribution in [0.5, 0.6) is 5.75 Å². The van der Waals surface area contributed by atoms with Gasteiger partial charge in [0.25, 0.3) is 5.91 Å². The van der Waals surface area contributed by atoms with Gasteiger partial charge in [-0.25, -0.2) is 0 Å². The second-order valence-electron chi connectivity index (χ2n) is 7.78. The summed E-state index contributed by atoms with van der Waals surface area (Å²) in [5.74, 6) is 0.909. The van der Waals surface area contributed by atoms with Gasteiger partial charge in [0, 0.05) is 42.5 Å². The Labute approximate surface area is 177 Å². The first kappa shape index (κ1) is 20.6. The summed E-state index contributed by atoms with van der Waals surface area (Å²) in [7, 11) is 1.70. The highest BCUT2D eigenvalue weighted by atomic mass is 16.5. The van der Waals surface area contributed by atoms with E-state index in [0.29, 0.717) is 44.6 Å². The van der Waals surface area contributed by atoms with Crippen LogP contribution in [-0.4, -0.2) is 60.0 Å². The first-order chi connectivity index (χ1) is 14.7. The normalized spacial score (nSPS) is 18.7. The second kappa shape index (κ2) is 9.45. The molecule has 7 nitrogen and oxygen atoms in total. The Hall–Kier alpha value is -2.64. The van der Waals surface area contributed by atoms with Gasteiger partial charge in [0.2, 0.25) is 0 Å². The molecule has 1 aliphatic heterocycles. The van der Waals surface area contributed by atoms with Crippen LogP contribution in [0.15, 0.2) is 36.9 Å². The van der Waals surface area contributed by atoms with Crippen molar-refractivity contribution in [2.45, 2.75) is 38.4 Å². The second-order valence-corrected chi connectivity index (χ2v) is 7.78.